The summed E-state index contributed by atoms with van der Waals surface area (Å²) in [4.78, 5) is 13.6. The van der Waals surface area contributed by atoms with Crippen LogP contribution in [-0.2, 0) is 4.79 Å². The van der Waals surface area contributed by atoms with Crippen molar-refractivity contribution in [1.82, 2.24) is 4.90 Å². The summed E-state index contributed by atoms with van der Waals surface area (Å²) in [7, 11) is 0. The Morgan fingerprint density at radius 1 is 1.56 bits per heavy atom. The van der Waals surface area contributed by atoms with E-state index in [0.29, 0.717) is 19.6 Å². The summed E-state index contributed by atoms with van der Waals surface area (Å²) in [6, 6.07) is 5.92. The third-order valence-corrected chi connectivity index (χ3v) is 3.68. The largest absolute Gasteiger partial charge is 0.396 e. The van der Waals surface area contributed by atoms with Crippen molar-refractivity contribution in [3.63, 3.8) is 0 Å². The number of aryl methyl sites for hydroxylation is 1. The molecule has 0 atom stereocenters. The van der Waals surface area contributed by atoms with Crippen LogP contribution in [0, 0.1) is 12.8 Å². The summed E-state index contributed by atoms with van der Waals surface area (Å²) >= 11 is 3.41. The zero-order chi connectivity index (χ0) is 13.1. The molecule has 5 heteroatoms. The Balaban J connectivity index is 1.83. The Bertz CT molecular complexity index is 445. The minimum Gasteiger partial charge on any atom is -0.396 e. The fraction of sp³-hybridized carbons (Fsp3) is 0.462. The summed E-state index contributed by atoms with van der Waals surface area (Å²) in [5.41, 5.74) is 2.08. The van der Waals surface area contributed by atoms with Gasteiger partial charge < -0.3 is 15.3 Å². The van der Waals surface area contributed by atoms with Crippen molar-refractivity contribution in [1.29, 1.82) is 0 Å². The van der Waals surface area contributed by atoms with Gasteiger partial charge in [-0.1, -0.05) is 15.9 Å². The lowest BCUT2D eigenvalue weighted by atomic mass is 10.0. The third kappa shape index (κ3) is 3.03. The van der Waals surface area contributed by atoms with Crippen LogP contribution in [-0.4, -0.2) is 42.2 Å². The molecular weight excluding hydrogens is 296 g/mol. The van der Waals surface area contributed by atoms with E-state index in [1.54, 1.807) is 4.90 Å². The number of likely N-dealkylation sites (tertiary alicyclic amines) is 1. The lowest BCUT2D eigenvalue weighted by molar-refractivity contribution is -0.136. The van der Waals surface area contributed by atoms with E-state index < -0.39 is 0 Å². The number of carbonyl (C=O) groups excluding carboxylic acids is 1. The van der Waals surface area contributed by atoms with Crippen LogP contribution in [0.1, 0.15) is 5.56 Å². The molecule has 0 saturated carbocycles. The van der Waals surface area contributed by atoms with Crippen molar-refractivity contribution in [3.8, 4) is 0 Å². The number of halogens is 1. The van der Waals surface area contributed by atoms with Gasteiger partial charge in [0.25, 0.3) is 0 Å². The summed E-state index contributed by atoms with van der Waals surface area (Å²) < 4.78 is 1.03. The Morgan fingerprint density at radius 3 is 2.89 bits per heavy atom. The van der Waals surface area contributed by atoms with Gasteiger partial charge in [-0.25, -0.2) is 0 Å². The topological polar surface area (TPSA) is 52.6 Å². The van der Waals surface area contributed by atoms with Crippen molar-refractivity contribution < 1.29 is 9.90 Å². The average molecular weight is 313 g/mol. The molecule has 98 valence electrons. The van der Waals surface area contributed by atoms with E-state index in [1.807, 2.05) is 25.1 Å². The first-order valence-electron chi connectivity index (χ1n) is 5.99. The van der Waals surface area contributed by atoms with E-state index in [0.717, 1.165) is 15.7 Å². The molecule has 2 rings (SSSR count). The molecule has 0 aromatic heterocycles. The van der Waals surface area contributed by atoms with Gasteiger partial charge >= 0.3 is 0 Å². The van der Waals surface area contributed by atoms with Gasteiger partial charge in [-0.3, -0.25) is 4.79 Å². The number of hydrogen-bond acceptors (Lipinski definition) is 3. The summed E-state index contributed by atoms with van der Waals surface area (Å²) in [6.45, 7) is 3.83. The van der Waals surface area contributed by atoms with Crippen molar-refractivity contribution in [2.24, 2.45) is 5.92 Å². The molecule has 18 heavy (non-hydrogen) atoms. The van der Waals surface area contributed by atoms with Crippen molar-refractivity contribution in [2.75, 3.05) is 31.6 Å². The minimum atomic E-state index is 0.0852. The Morgan fingerprint density at radius 2 is 2.28 bits per heavy atom. The van der Waals surface area contributed by atoms with E-state index in [1.165, 1.54) is 0 Å². The molecule has 1 amide bonds. The van der Waals surface area contributed by atoms with Crippen LogP contribution in [0.15, 0.2) is 22.7 Å². The van der Waals surface area contributed by atoms with E-state index in [4.69, 9.17) is 5.11 Å². The summed E-state index contributed by atoms with van der Waals surface area (Å²) in [5, 5.41) is 12.0. The molecule has 1 aliphatic heterocycles. The number of aliphatic hydroxyl groups is 1. The maximum absolute atomic E-state index is 11.8. The van der Waals surface area contributed by atoms with E-state index >= 15 is 0 Å². The van der Waals surface area contributed by atoms with Gasteiger partial charge in [-0.15, -0.1) is 0 Å². The van der Waals surface area contributed by atoms with E-state index in [2.05, 4.69) is 21.2 Å². The van der Waals surface area contributed by atoms with Gasteiger partial charge in [-0.05, 0) is 30.7 Å². The second kappa shape index (κ2) is 5.71. The second-order valence-electron chi connectivity index (χ2n) is 4.66. The van der Waals surface area contributed by atoms with Crippen molar-refractivity contribution in [3.05, 3.63) is 28.2 Å². The Kier molecular flexibility index (Phi) is 4.24. The Labute approximate surface area is 115 Å². The number of anilines is 1. The molecule has 0 radical (unpaired) electrons. The van der Waals surface area contributed by atoms with Gasteiger partial charge in [0.1, 0.15) is 0 Å². The fourth-order valence-corrected chi connectivity index (χ4v) is 2.47. The predicted molar refractivity (Wildman–Crippen MR) is 74.5 cm³/mol. The summed E-state index contributed by atoms with van der Waals surface area (Å²) in [6.07, 6.45) is 0. The highest BCUT2D eigenvalue weighted by Crippen LogP contribution is 2.20. The smallest absolute Gasteiger partial charge is 0.241 e. The van der Waals surface area contributed by atoms with Crippen LogP contribution >= 0.6 is 15.9 Å². The van der Waals surface area contributed by atoms with Gasteiger partial charge in [-0.2, -0.15) is 0 Å². The number of amides is 1. The fourth-order valence-electron chi connectivity index (χ4n) is 2.00. The second-order valence-corrected chi connectivity index (χ2v) is 5.58. The number of nitrogens with zero attached hydrogens (tertiary/aromatic N) is 1. The molecule has 4 nitrogen and oxygen atoms in total. The molecule has 1 aliphatic rings. The molecule has 2 N–H and O–H groups in total. The van der Waals surface area contributed by atoms with Gasteiger partial charge in [0, 0.05) is 35.8 Å². The molecular formula is C13H17BrN2O2. The zero-order valence-corrected chi connectivity index (χ0v) is 11.9. The molecule has 0 aliphatic carbocycles. The van der Waals surface area contributed by atoms with Gasteiger partial charge in [0.2, 0.25) is 5.91 Å². The van der Waals surface area contributed by atoms with Crippen LogP contribution < -0.4 is 5.32 Å². The highest BCUT2D eigenvalue weighted by atomic mass is 79.9. The molecule has 0 spiro atoms. The van der Waals surface area contributed by atoms with Gasteiger partial charge in [0.15, 0.2) is 0 Å². The van der Waals surface area contributed by atoms with Gasteiger partial charge in [0.05, 0.1) is 6.54 Å². The zero-order valence-electron chi connectivity index (χ0n) is 10.3. The quantitative estimate of drug-likeness (QED) is 0.888. The standard InChI is InChI=1S/C13H17BrN2O2/c1-9-4-11(14)2-3-12(9)15-5-13(18)16-6-10(7-16)8-17/h2-4,10,15,17H,5-8H2,1H3. The number of hydrogen-bond donors (Lipinski definition) is 2. The maximum Gasteiger partial charge on any atom is 0.241 e. The number of rotatable bonds is 4. The monoisotopic (exact) mass is 312 g/mol. The van der Waals surface area contributed by atoms with Crippen molar-refractivity contribution >= 4 is 27.5 Å². The predicted octanol–water partition coefficient (Wildman–Crippen LogP) is 1.62. The number of aliphatic hydroxyl groups excluding tert-OH is 1. The lowest BCUT2D eigenvalue weighted by Crippen LogP contribution is -2.52. The molecule has 1 saturated heterocycles. The molecule has 1 aromatic rings. The normalized spacial score (nSPS) is 15.4. The SMILES string of the molecule is Cc1cc(Br)ccc1NCC(=O)N1CC(CO)C1. The van der Waals surface area contributed by atoms with Crippen LogP contribution in [0.3, 0.4) is 0 Å². The molecule has 1 heterocycles. The molecule has 1 aromatic carbocycles. The summed E-state index contributed by atoms with van der Waals surface area (Å²) in [5.74, 6) is 0.352. The lowest BCUT2D eigenvalue weighted by Gasteiger charge is -2.38. The molecule has 0 unspecified atom stereocenters. The van der Waals surface area contributed by atoms with Crippen molar-refractivity contribution in [2.45, 2.75) is 6.92 Å². The molecule has 1 fully saturated rings. The van der Waals surface area contributed by atoms with E-state index in [9.17, 15) is 4.79 Å². The first-order valence-corrected chi connectivity index (χ1v) is 6.78. The number of benzene rings is 1. The highest BCUT2D eigenvalue weighted by Gasteiger charge is 2.29. The van der Waals surface area contributed by atoms with E-state index in [-0.39, 0.29) is 18.4 Å². The average Bonchev–Trinajstić information content (AvgIpc) is 2.26. The number of nitrogens with one attached hydrogen (secondary N) is 1. The van der Waals surface area contributed by atoms with Crippen LogP contribution in [0.5, 0.6) is 0 Å². The van der Waals surface area contributed by atoms with Crippen LogP contribution in [0.25, 0.3) is 0 Å². The first kappa shape index (κ1) is 13.4. The number of carbonyl (C=O) groups is 1. The molecule has 0 bridgehead atoms. The minimum absolute atomic E-state index is 0.0852. The first-order chi connectivity index (χ1) is 8.60. The highest BCUT2D eigenvalue weighted by molar-refractivity contribution is 9.10. The Hall–Kier alpha value is -1.07. The van der Waals surface area contributed by atoms with Crippen LogP contribution in [0.4, 0.5) is 5.69 Å². The van der Waals surface area contributed by atoms with Crippen LogP contribution in [0.2, 0.25) is 0 Å². The maximum atomic E-state index is 11.8. The third-order valence-electron chi connectivity index (χ3n) is 3.19.